The predicted octanol–water partition coefficient (Wildman–Crippen LogP) is 4.01. The summed E-state index contributed by atoms with van der Waals surface area (Å²) in [4.78, 5) is 12.2. The fraction of sp³-hybridized carbons (Fsp3) is 0.562. The Balaban J connectivity index is 1.89. The van der Waals surface area contributed by atoms with Crippen LogP contribution in [0.2, 0.25) is 5.02 Å². The van der Waals surface area contributed by atoms with E-state index in [0.29, 0.717) is 16.3 Å². The highest BCUT2D eigenvalue weighted by molar-refractivity contribution is 6.31. The number of halogens is 1. The summed E-state index contributed by atoms with van der Waals surface area (Å²) in [6.07, 6.45) is 7.14. The zero-order chi connectivity index (χ0) is 14.5. The van der Waals surface area contributed by atoms with Gasteiger partial charge in [0.2, 0.25) is 0 Å². The lowest BCUT2D eigenvalue weighted by Crippen LogP contribution is -2.37. The molecule has 1 aliphatic carbocycles. The molecule has 0 spiro atoms. The van der Waals surface area contributed by atoms with Crippen LogP contribution in [0.25, 0.3) is 0 Å². The highest BCUT2D eigenvalue weighted by Crippen LogP contribution is 2.28. The first kappa shape index (κ1) is 15.2. The van der Waals surface area contributed by atoms with E-state index < -0.39 is 0 Å². The molecule has 0 heterocycles. The van der Waals surface area contributed by atoms with Gasteiger partial charge in [-0.15, -0.1) is 0 Å². The molecule has 2 rings (SSSR count). The van der Waals surface area contributed by atoms with Gasteiger partial charge in [0.1, 0.15) is 0 Å². The van der Waals surface area contributed by atoms with Crippen LogP contribution in [0.5, 0.6) is 0 Å². The van der Waals surface area contributed by atoms with Crippen molar-refractivity contribution in [2.45, 2.75) is 51.5 Å². The molecule has 0 atom stereocenters. The number of nitrogen functional groups attached to an aromatic ring is 1. The third-order valence-electron chi connectivity index (χ3n) is 4.14. The normalized spacial score (nSPS) is 22.5. The van der Waals surface area contributed by atoms with Gasteiger partial charge in [0.15, 0.2) is 0 Å². The number of anilines is 1. The molecule has 1 fully saturated rings. The molecule has 4 heteroatoms. The molecular weight excluding hydrogens is 272 g/mol. The number of carbonyl (C=O) groups is 1. The van der Waals surface area contributed by atoms with Crippen molar-refractivity contribution in [3.63, 3.8) is 0 Å². The Morgan fingerprint density at radius 2 is 2.05 bits per heavy atom. The predicted molar refractivity (Wildman–Crippen MR) is 84.0 cm³/mol. The van der Waals surface area contributed by atoms with Gasteiger partial charge in [0.25, 0.3) is 5.91 Å². The van der Waals surface area contributed by atoms with Crippen LogP contribution in [0.4, 0.5) is 5.69 Å². The van der Waals surface area contributed by atoms with E-state index in [9.17, 15) is 4.79 Å². The van der Waals surface area contributed by atoms with E-state index in [-0.39, 0.29) is 11.9 Å². The molecular formula is C16H23ClN2O. The Kier molecular flexibility index (Phi) is 5.30. The highest BCUT2D eigenvalue weighted by atomic mass is 35.5. The topological polar surface area (TPSA) is 55.1 Å². The molecule has 1 aromatic carbocycles. The van der Waals surface area contributed by atoms with Gasteiger partial charge in [0, 0.05) is 16.8 Å². The number of amides is 1. The minimum absolute atomic E-state index is 0.0851. The molecule has 0 radical (unpaired) electrons. The minimum atomic E-state index is -0.0851. The van der Waals surface area contributed by atoms with Gasteiger partial charge >= 0.3 is 0 Å². The summed E-state index contributed by atoms with van der Waals surface area (Å²) in [7, 11) is 0. The zero-order valence-electron chi connectivity index (χ0n) is 12.0. The Morgan fingerprint density at radius 1 is 1.35 bits per heavy atom. The second-order valence-electron chi connectivity index (χ2n) is 5.71. The molecule has 0 unspecified atom stereocenters. The summed E-state index contributed by atoms with van der Waals surface area (Å²) in [5.74, 6) is 0.756. The van der Waals surface area contributed by atoms with Gasteiger partial charge in [-0.3, -0.25) is 4.79 Å². The van der Waals surface area contributed by atoms with E-state index in [2.05, 4.69) is 12.2 Å². The van der Waals surface area contributed by atoms with Gasteiger partial charge in [-0.25, -0.2) is 0 Å². The maximum atomic E-state index is 12.2. The van der Waals surface area contributed by atoms with Crippen molar-refractivity contribution in [2.24, 2.45) is 5.92 Å². The first-order chi connectivity index (χ1) is 9.60. The maximum absolute atomic E-state index is 12.2. The lowest BCUT2D eigenvalue weighted by Gasteiger charge is -2.29. The molecule has 1 saturated carbocycles. The van der Waals surface area contributed by atoms with E-state index in [4.69, 9.17) is 17.3 Å². The molecule has 1 aromatic rings. The van der Waals surface area contributed by atoms with Gasteiger partial charge < -0.3 is 11.1 Å². The molecule has 1 amide bonds. The van der Waals surface area contributed by atoms with Gasteiger partial charge in [-0.2, -0.15) is 0 Å². The van der Waals surface area contributed by atoms with E-state index in [0.717, 1.165) is 18.8 Å². The maximum Gasteiger partial charge on any atom is 0.253 e. The summed E-state index contributed by atoms with van der Waals surface area (Å²) in [5.41, 5.74) is 6.80. The van der Waals surface area contributed by atoms with Crippen LogP contribution in [-0.4, -0.2) is 11.9 Å². The standard InChI is InChI=1S/C16H23ClN2O/c1-2-3-11-4-7-13(8-5-11)19-16(20)14-9-6-12(17)10-15(14)18/h6,9-11,13H,2-5,7-8,18H2,1H3,(H,19,20). The first-order valence-electron chi connectivity index (χ1n) is 7.46. The van der Waals surface area contributed by atoms with Crippen LogP contribution in [0.15, 0.2) is 18.2 Å². The highest BCUT2D eigenvalue weighted by Gasteiger charge is 2.22. The van der Waals surface area contributed by atoms with E-state index in [1.54, 1.807) is 18.2 Å². The number of nitrogens with one attached hydrogen (secondary N) is 1. The Labute approximate surface area is 125 Å². The Hall–Kier alpha value is -1.22. The van der Waals surface area contributed by atoms with Crippen LogP contribution in [0.3, 0.4) is 0 Å². The van der Waals surface area contributed by atoms with Crippen molar-refractivity contribution in [1.29, 1.82) is 0 Å². The number of rotatable bonds is 4. The van der Waals surface area contributed by atoms with Crippen molar-refractivity contribution < 1.29 is 4.79 Å². The zero-order valence-corrected chi connectivity index (χ0v) is 12.7. The summed E-state index contributed by atoms with van der Waals surface area (Å²) in [5, 5.41) is 3.65. The summed E-state index contributed by atoms with van der Waals surface area (Å²) in [6.45, 7) is 2.23. The molecule has 0 aliphatic heterocycles. The van der Waals surface area contributed by atoms with Gasteiger partial charge in [-0.1, -0.05) is 31.4 Å². The van der Waals surface area contributed by atoms with Gasteiger partial charge in [0.05, 0.1) is 5.56 Å². The fourth-order valence-corrected chi connectivity index (χ4v) is 3.19. The summed E-state index contributed by atoms with van der Waals surface area (Å²) in [6, 6.07) is 5.29. The fourth-order valence-electron chi connectivity index (χ4n) is 3.01. The third-order valence-corrected chi connectivity index (χ3v) is 4.37. The second-order valence-corrected chi connectivity index (χ2v) is 6.15. The molecule has 20 heavy (non-hydrogen) atoms. The van der Waals surface area contributed by atoms with Gasteiger partial charge in [-0.05, 0) is 49.8 Å². The number of benzene rings is 1. The average Bonchev–Trinajstić information content (AvgIpc) is 2.41. The molecule has 0 bridgehead atoms. The van der Waals surface area contributed by atoms with Crippen LogP contribution < -0.4 is 11.1 Å². The molecule has 3 N–H and O–H groups in total. The van der Waals surface area contributed by atoms with E-state index in [1.807, 2.05) is 0 Å². The first-order valence-corrected chi connectivity index (χ1v) is 7.83. The Morgan fingerprint density at radius 3 is 2.65 bits per heavy atom. The van der Waals surface area contributed by atoms with Crippen molar-refractivity contribution in [2.75, 3.05) is 5.73 Å². The molecule has 3 nitrogen and oxygen atoms in total. The number of carbonyl (C=O) groups excluding carboxylic acids is 1. The van der Waals surface area contributed by atoms with Crippen LogP contribution in [0.1, 0.15) is 55.8 Å². The van der Waals surface area contributed by atoms with E-state index >= 15 is 0 Å². The SMILES string of the molecule is CCCC1CCC(NC(=O)c2ccc(Cl)cc2N)CC1. The van der Waals surface area contributed by atoms with Crippen LogP contribution in [-0.2, 0) is 0 Å². The van der Waals surface area contributed by atoms with Crippen LogP contribution in [0, 0.1) is 5.92 Å². The summed E-state index contributed by atoms with van der Waals surface area (Å²) >= 11 is 5.85. The van der Waals surface area contributed by atoms with E-state index in [1.165, 1.54) is 25.7 Å². The third kappa shape index (κ3) is 3.89. The van der Waals surface area contributed by atoms with Crippen molar-refractivity contribution in [1.82, 2.24) is 5.32 Å². The largest absolute Gasteiger partial charge is 0.398 e. The van der Waals surface area contributed by atoms with Crippen molar-refractivity contribution in [3.05, 3.63) is 28.8 Å². The molecule has 1 aliphatic rings. The second kappa shape index (κ2) is 6.98. The smallest absolute Gasteiger partial charge is 0.253 e. The lowest BCUT2D eigenvalue weighted by molar-refractivity contribution is 0.0922. The Bertz CT molecular complexity index is 468. The van der Waals surface area contributed by atoms with Crippen LogP contribution >= 0.6 is 11.6 Å². The number of hydrogen-bond donors (Lipinski definition) is 2. The minimum Gasteiger partial charge on any atom is -0.398 e. The number of nitrogens with two attached hydrogens (primary N) is 1. The molecule has 0 aromatic heterocycles. The molecule has 0 saturated heterocycles. The van der Waals surface area contributed by atoms with Crippen molar-refractivity contribution in [3.8, 4) is 0 Å². The van der Waals surface area contributed by atoms with Crippen molar-refractivity contribution >= 4 is 23.2 Å². The summed E-state index contributed by atoms with van der Waals surface area (Å²) < 4.78 is 0. The number of hydrogen-bond acceptors (Lipinski definition) is 2. The average molecular weight is 295 g/mol. The molecule has 110 valence electrons. The quantitative estimate of drug-likeness (QED) is 0.824. The monoisotopic (exact) mass is 294 g/mol. The lowest BCUT2D eigenvalue weighted by atomic mass is 9.83.